The summed E-state index contributed by atoms with van der Waals surface area (Å²) in [4.78, 5) is 32.5. The summed E-state index contributed by atoms with van der Waals surface area (Å²) >= 11 is 6.49. The number of rotatable bonds is 7. The number of likely N-dealkylation sites (tertiary alicyclic amines) is 2. The van der Waals surface area contributed by atoms with Crippen LogP contribution in [0.5, 0.6) is 0 Å². The number of piperidine rings is 1. The Morgan fingerprint density at radius 1 is 1.05 bits per heavy atom. The molecule has 3 fully saturated rings. The number of hydrogen-bond acceptors (Lipinski definition) is 7. The SMILES string of the molecule is O=C(CN1CCC(CN2CCNCC2)CC1)N1CC[C@@H](Nc2ncc(Cl)c(-c3c[nH]c4ccccc34)n2)C1. The van der Waals surface area contributed by atoms with Crippen LogP contribution in [0.4, 0.5) is 5.95 Å². The Balaban J connectivity index is 0.999. The van der Waals surface area contributed by atoms with Crippen LogP contribution < -0.4 is 10.6 Å². The first kappa shape index (κ1) is 25.6. The predicted molar refractivity (Wildman–Crippen MR) is 151 cm³/mol. The van der Waals surface area contributed by atoms with Gasteiger partial charge < -0.3 is 25.4 Å². The monoisotopic (exact) mass is 536 g/mol. The first-order valence-electron chi connectivity index (χ1n) is 13.9. The molecule has 3 aromatic rings. The van der Waals surface area contributed by atoms with Gasteiger partial charge in [0.1, 0.15) is 0 Å². The van der Waals surface area contributed by atoms with E-state index in [0.717, 1.165) is 74.6 Å². The van der Waals surface area contributed by atoms with Gasteiger partial charge in [-0.25, -0.2) is 9.97 Å². The smallest absolute Gasteiger partial charge is 0.236 e. The number of carbonyl (C=O) groups is 1. The van der Waals surface area contributed by atoms with Gasteiger partial charge in [-0.1, -0.05) is 29.8 Å². The fourth-order valence-electron chi connectivity index (χ4n) is 6.06. The largest absolute Gasteiger partial charge is 0.360 e. The Morgan fingerprint density at radius 2 is 1.87 bits per heavy atom. The zero-order valence-electron chi connectivity index (χ0n) is 21.8. The molecule has 1 aromatic carbocycles. The minimum Gasteiger partial charge on any atom is -0.360 e. The summed E-state index contributed by atoms with van der Waals surface area (Å²) in [7, 11) is 0. The maximum absolute atomic E-state index is 13.1. The highest BCUT2D eigenvalue weighted by atomic mass is 35.5. The van der Waals surface area contributed by atoms with Crippen LogP contribution in [0.3, 0.4) is 0 Å². The molecular formula is C28H37ClN8O. The van der Waals surface area contributed by atoms with Crippen LogP contribution in [0.2, 0.25) is 5.02 Å². The minimum absolute atomic E-state index is 0.126. The van der Waals surface area contributed by atoms with Crippen LogP contribution in [-0.4, -0.2) is 107 Å². The average Bonchev–Trinajstić information content (AvgIpc) is 3.59. The van der Waals surface area contributed by atoms with Crippen LogP contribution in [0.1, 0.15) is 19.3 Å². The minimum atomic E-state index is 0.126. The molecule has 1 amide bonds. The third-order valence-corrected chi connectivity index (χ3v) is 8.53. The number of carbonyl (C=O) groups excluding carboxylic acids is 1. The average molecular weight is 537 g/mol. The normalized spacial score (nSPS) is 21.8. The number of para-hydroxylation sites is 1. The molecule has 0 aliphatic carbocycles. The van der Waals surface area contributed by atoms with Crippen molar-refractivity contribution in [3.05, 3.63) is 41.7 Å². The van der Waals surface area contributed by atoms with Crippen LogP contribution in [0, 0.1) is 5.92 Å². The van der Waals surface area contributed by atoms with Gasteiger partial charge in [-0.05, 0) is 44.3 Å². The lowest BCUT2D eigenvalue weighted by Gasteiger charge is -2.36. The maximum atomic E-state index is 13.1. The van der Waals surface area contributed by atoms with Crippen LogP contribution in [0.25, 0.3) is 22.2 Å². The lowest BCUT2D eigenvalue weighted by atomic mass is 9.96. The van der Waals surface area contributed by atoms with E-state index in [0.29, 0.717) is 29.8 Å². The Morgan fingerprint density at radius 3 is 2.71 bits per heavy atom. The number of fused-ring (bicyclic) bond motifs is 1. The van der Waals surface area contributed by atoms with Crippen molar-refractivity contribution >= 4 is 34.4 Å². The fourth-order valence-corrected chi connectivity index (χ4v) is 6.25. The summed E-state index contributed by atoms with van der Waals surface area (Å²) in [5.74, 6) is 1.53. The first-order chi connectivity index (χ1) is 18.6. The number of piperazine rings is 1. The van der Waals surface area contributed by atoms with Crippen LogP contribution >= 0.6 is 11.6 Å². The highest BCUT2D eigenvalue weighted by Gasteiger charge is 2.29. The number of H-pyrrole nitrogens is 1. The summed E-state index contributed by atoms with van der Waals surface area (Å²) in [6.07, 6.45) is 6.85. The molecule has 3 aliphatic rings. The van der Waals surface area contributed by atoms with E-state index in [2.05, 4.69) is 36.5 Å². The molecule has 2 aromatic heterocycles. The number of amides is 1. The zero-order valence-corrected chi connectivity index (χ0v) is 22.6. The molecule has 10 heteroatoms. The van der Waals surface area contributed by atoms with Crippen molar-refractivity contribution in [2.75, 3.05) is 70.8 Å². The van der Waals surface area contributed by atoms with Crippen molar-refractivity contribution in [2.24, 2.45) is 5.92 Å². The number of nitrogens with zero attached hydrogens (tertiary/aromatic N) is 5. The second kappa shape index (κ2) is 11.6. The van der Waals surface area contributed by atoms with Gasteiger partial charge in [0, 0.05) is 74.5 Å². The Hall–Kier alpha value is -2.72. The topological polar surface area (TPSA) is 92.4 Å². The molecule has 0 bridgehead atoms. The van der Waals surface area contributed by atoms with E-state index < -0.39 is 0 Å². The first-order valence-corrected chi connectivity index (χ1v) is 14.3. The predicted octanol–water partition coefficient (Wildman–Crippen LogP) is 2.91. The summed E-state index contributed by atoms with van der Waals surface area (Å²) < 4.78 is 0. The van der Waals surface area contributed by atoms with Gasteiger partial charge in [0.05, 0.1) is 23.5 Å². The lowest BCUT2D eigenvalue weighted by Crippen LogP contribution is -2.48. The number of aromatic amines is 1. The second-order valence-electron chi connectivity index (χ2n) is 10.9. The van der Waals surface area contributed by atoms with Crippen molar-refractivity contribution in [1.82, 2.24) is 35.0 Å². The molecule has 202 valence electrons. The third kappa shape index (κ3) is 5.81. The van der Waals surface area contributed by atoms with E-state index in [1.807, 2.05) is 29.3 Å². The van der Waals surface area contributed by atoms with E-state index in [1.165, 1.54) is 19.4 Å². The number of nitrogens with one attached hydrogen (secondary N) is 3. The van der Waals surface area contributed by atoms with E-state index >= 15 is 0 Å². The maximum Gasteiger partial charge on any atom is 0.236 e. The molecule has 3 aliphatic heterocycles. The van der Waals surface area contributed by atoms with Crippen LogP contribution in [0.15, 0.2) is 36.7 Å². The molecule has 0 spiro atoms. The van der Waals surface area contributed by atoms with Gasteiger partial charge in [0.15, 0.2) is 0 Å². The van der Waals surface area contributed by atoms with Gasteiger partial charge in [0.25, 0.3) is 0 Å². The number of anilines is 1. The van der Waals surface area contributed by atoms with Gasteiger partial charge in [-0.2, -0.15) is 0 Å². The molecule has 38 heavy (non-hydrogen) atoms. The Bertz CT molecular complexity index is 1250. The standard InChI is InChI=1S/C28H37ClN8O/c29-24-16-32-28(34-27(24)23-15-31-25-4-2-1-3-22(23)25)33-21-7-12-37(18-21)26(38)19-35-10-5-20(6-11-35)17-36-13-8-30-9-14-36/h1-4,15-16,20-21,30-31H,5-14,17-19H2,(H,32,33,34)/t21-/m1/s1. The van der Waals surface area contributed by atoms with Crippen LogP contribution in [-0.2, 0) is 4.79 Å². The van der Waals surface area contributed by atoms with Gasteiger partial charge >= 0.3 is 0 Å². The molecule has 0 unspecified atom stereocenters. The van der Waals surface area contributed by atoms with Crippen molar-refractivity contribution in [1.29, 1.82) is 0 Å². The van der Waals surface area contributed by atoms with Crippen molar-refractivity contribution in [2.45, 2.75) is 25.3 Å². The number of benzene rings is 1. The zero-order chi connectivity index (χ0) is 25.9. The van der Waals surface area contributed by atoms with Gasteiger partial charge in [-0.3, -0.25) is 9.69 Å². The Labute approximate surface area is 228 Å². The quantitative estimate of drug-likeness (QED) is 0.427. The van der Waals surface area contributed by atoms with Crippen molar-refractivity contribution < 1.29 is 4.79 Å². The lowest BCUT2D eigenvalue weighted by molar-refractivity contribution is -0.131. The van der Waals surface area contributed by atoms with Gasteiger partial charge in [0.2, 0.25) is 11.9 Å². The molecular weight excluding hydrogens is 500 g/mol. The molecule has 6 rings (SSSR count). The molecule has 3 N–H and O–H groups in total. The molecule has 0 saturated carbocycles. The Kier molecular flexibility index (Phi) is 7.78. The van der Waals surface area contributed by atoms with E-state index in [4.69, 9.17) is 16.6 Å². The highest BCUT2D eigenvalue weighted by molar-refractivity contribution is 6.33. The summed E-state index contributed by atoms with van der Waals surface area (Å²) in [5.41, 5.74) is 2.70. The number of hydrogen-bond donors (Lipinski definition) is 3. The van der Waals surface area contributed by atoms with Crippen molar-refractivity contribution in [3.8, 4) is 11.3 Å². The van der Waals surface area contributed by atoms with E-state index in [1.54, 1.807) is 6.20 Å². The summed E-state index contributed by atoms with van der Waals surface area (Å²) in [6, 6.07) is 8.23. The van der Waals surface area contributed by atoms with Gasteiger partial charge in [-0.15, -0.1) is 0 Å². The van der Waals surface area contributed by atoms with E-state index in [9.17, 15) is 4.79 Å². The fraction of sp³-hybridized carbons (Fsp3) is 0.536. The third-order valence-electron chi connectivity index (χ3n) is 8.25. The molecule has 3 saturated heterocycles. The van der Waals surface area contributed by atoms with Crippen molar-refractivity contribution in [3.63, 3.8) is 0 Å². The molecule has 9 nitrogen and oxygen atoms in total. The number of halogens is 1. The second-order valence-corrected chi connectivity index (χ2v) is 11.3. The molecule has 5 heterocycles. The number of aromatic nitrogens is 3. The summed E-state index contributed by atoms with van der Waals surface area (Å²) in [6.45, 7) is 9.74. The molecule has 0 radical (unpaired) electrons. The molecule has 1 atom stereocenters. The van der Waals surface area contributed by atoms with E-state index in [-0.39, 0.29) is 11.9 Å². The summed E-state index contributed by atoms with van der Waals surface area (Å²) in [5, 5.41) is 8.46. The highest BCUT2D eigenvalue weighted by Crippen LogP contribution is 2.32.